The van der Waals surface area contributed by atoms with Crippen molar-refractivity contribution in [3.8, 4) is 0 Å². The molecular weight excluding hydrogens is 440 g/mol. The van der Waals surface area contributed by atoms with Crippen LogP contribution < -0.4 is 0 Å². The molecule has 0 bridgehead atoms. The predicted molar refractivity (Wildman–Crippen MR) is 98.4 cm³/mol. The van der Waals surface area contributed by atoms with Crippen molar-refractivity contribution in [2.24, 2.45) is 0 Å². The van der Waals surface area contributed by atoms with Crippen LogP contribution in [0.25, 0.3) is 0 Å². The van der Waals surface area contributed by atoms with Gasteiger partial charge in [0.15, 0.2) is 18.9 Å². The van der Waals surface area contributed by atoms with Crippen molar-refractivity contribution >= 4 is 0 Å². The zero-order valence-electron chi connectivity index (χ0n) is 17.4. The Morgan fingerprint density at radius 2 is 1.00 bits per heavy atom. The highest BCUT2D eigenvalue weighted by Gasteiger charge is 2.53. The fourth-order valence-electron chi connectivity index (χ4n) is 3.92. The predicted octanol–water partition coefficient (Wildman–Crippen LogP) is -5.52. The Morgan fingerprint density at radius 1 is 0.562 bits per heavy atom. The number of ether oxygens (including phenoxy) is 5. The Hall–Kier alpha value is -0.560. The second kappa shape index (κ2) is 10.4. The third-order valence-electron chi connectivity index (χ3n) is 6.02. The monoisotopic (exact) mass is 472 g/mol. The molecule has 3 aliphatic heterocycles. The van der Waals surface area contributed by atoms with Gasteiger partial charge in [-0.1, -0.05) is 0 Å². The summed E-state index contributed by atoms with van der Waals surface area (Å²) in [5, 5.41) is 90.6. The van der Waals surface area contributed by atoms with Crippen molar-refractivity contribution in [2.75, 3.05) is 6.61 Å². The average molecular weight is 472 g/mol. The topological polar surface area (TPSA) is 228 Å². The molecule has 188 valence electrons. The van der Waals surface area contributed by atoms with E-state index in [2.05, 4.69) is 0 Å². The Morgan fingerprint density at radius 3 is 1.44 bits per heavy atom. The van der Waals surface area contributed by atoms with Crippen molar-refractivity contribution in [1.29, 1.82) is 0 Å². The molecule has 0 aliphatic carbocycles. The highest BCUT2D eigenvalue weighted by atomic mass is 16.8. The van der Waals surface area contributed by atoms with Crippen molar-refractivity contribution in [3.63, 3.8) is 0 Å². The zero-order chi connectivity index (χ0) is 23.9. The Bertz CT molecular complexity index is 610. The molecule has 0 aromatic carbocycles. The molecule has 14 nitrogen and oxygen atoms in total. The van der Waals surface area contributed by atoms with Gasteiger partial charge in [-0.05, 0) is 13.8 Å². The van der Waals surface area contributed by atoms with E-state index in [9.17, 15) is 46.0 Å². The van der Waals surface area contributed by atoms with Crippen molar-refractivity contribution in [2.45, 2.75) is 106 Å². The van der Waals surface area contributed by atoms with Crippen molar-refractivity contribution in [1.82, 2.24) is 0 Å². The minimum atomic E-state index is -1.83. The molecule has 3 aliphatic rings. The molecule has 3 saturated heterocycles. The molecule has 0 radical (unpaired) electrons. The van der Waals surface area contributed by atoms with E-state index in [1.54, 1.807) is 0 Å². The highest BCUT2D eigenvalue weighted by molar-refractivity contribution is 4.95. The van der Waals surface area contributed by atoms with E-state index in [0.29, 0.717) is 0 Å². The van der Waals surface area contributed by atoms with Gasteiger partial charge >= 0.3 is 0 Å². The van der Waals surface area contributed by atoms with Crippen LogP contribution in [0.15, 0.2) is 0 Å². The van der Waals surface area contributed by atoms with Gasteiger partial charge in [-0.2, -0.15) is 0 Å². The second-order valence-corrected chi connectivity index (χ2v) is 8.30. The number of aliphatic hydroxyl groups is 9. The molecule has 3 rings (SSSR count). The summed E-state index contributed by atoms with van der Waals surface area (Å²) >= 11 is 0. The standard InChI is InChI=1S/C18H32O14/c1-4-7(20)10(23)12(25)17(28-4)31-14-9(22)6(3-19)30-16(27)15(14)32-18-13(26)11(24)8(21)5(2)29-18/h4-27H,3H2,1-2H3/t4-,5-,6+,7-,8-,9-,10+,11+,12+,13+,14-,15+,16?,17-,18-/m0/s1. The number of aliphatic hydroxyl groups excluding tert-OH is 9. The first-order valence-corrected chi connectivity index (χ1v) is 10.3. The maximum absolute atomic E-state index is 10.6. The van der Waals surface area contributed by atoms with Gasteiger partial charge in [0, 0.05) is 0 Å². The lowest BCUT2D eigenvalue weighted by molar-refractivity contribution is -0.385. The fraction of sp³-hybridized carbons (Fsp3) is 1.00. The van der Waals surface area contributed by atoms with Crippen LogP contribution in [0.2, 0.25) is 0 Å². The van der Waals surface area contributed by atoms with Crippen LogP contribution in [-0.2, 0) is 23.7 Å². The summed E-state index contributed by atoms with van der Waals surface area (Å²) in [6.07, 6.45) is -22.6. The maximum Gasteiger partial charge on any atom is 0.187 e. The van der Waals surface area contributed by atoms with Gasteiger partial charge in [-0.15, -0.1) is 0 Å². The van der Waals surface area contributed by atoms with Gasteiger partial charge in [0.25, 0.3) is 0 Å². The van der Waals surface area contributed by atoms with Crippen molar-refractivity contribution in [3.05, 3.63) is 0 Å². The summed E-state index contributed by atoms with van der Waals surface area (Å²) in [7, 11) is 0. The smallest absolute Gasteiger partial charge is 0.187 e. The molecule has 0 spiro atoms. The molecule has 0 aromatic heterocycles. The van der Waals surface area contributed by atoms with Gasteiger partial charge < -0.3 is 69.6 Å². The first-order chi connectivity index (χ1) is 15.0. The Labute approximate surface area is 183 Å². The minimum Gasteiger partial charge on any atom is -0.394 e. The lowest BCUT2D eigenvalue weighted by Gasteiger charge is -2.48. The SMILES string of the molecule is C[C@@H]1O[C@@H](O[C@H]2[C@@H](O)[C@@H](CO)OC(O)[C@@H]2O[C@@H]2O[C@@H](C)[C@H](O)[C@@H](O)[C@H]2O)[C@H](O)[C@H](O)[C@H]1O. The van der Waals surface area contributed by atoms with Crippen LogP contribution in [0, 0.1) is 0 Å². The van der Waals surface area contributed by atoms with Gasteiger partial charge in [-0.25, -0.2) is 0 Å². The summed E-state index contributed by atoms with van der Waals surface area (Å²) in [6, 6.07) is 0. The van der Waals surface area contributed by atoms with Crippen LogP contribution in [0.5, 0.6) is 0 Å². The van der Waals surface area contributed by atoms with E-state index in [1.807, 2.05) is 0 Å². The maximum atomic E-state index is 10.6. The van der Waals surface area contributed by atoms with Gasteiger partial charge in [0.1, 0.15) is 61.0 Å². The number of hydrogen-bond acceptors (Lipinski definition) is 14. The number of hydrogen-bond donors (Lipinski definition) is 9. The third kappa shape index (κ3) is 4.94. The molecule has 14 heteroatoms. The van der Waals surface area contributed by atoms with Crippen LogP contribution in [0.3, 0.4) is 0 Å². The molecular formula is C18H32O14. The van der Waals surface area contributed by atoms with E-state index in [-0.39, 0.29) is 0 Å². The highest BCUT2D eigenvalue weighted by Crippen LogP contribution is 2.32. The summed E-state index contributed by atoms with van der Waals surface area (Å²) in [4.78, 5) is 0. The summed E-state index contributed by atoms with van der Waals surface area (Å²) in [6.45, 7) is 2.10. The minimum absolute atomic E-state index is 0.721. The lowest BCUT2D eigenvalue weighted by Crippen LogP contribution is -2.66. The van der Waals surface area contributed by atoms with Crippen LogP contribution in [-0.4, -0.2) is 145 Å². The van der Waals surface area contributed by atoms with E-state index >= 15 is 0 Å². The molecule has 0 saturated carbocycles. The van der Waals surface area contributed by atoms with Crippen LogP contribution in [0.4, 0.5) is 0 Å². The summed E-state index contributed by atoms with van der Waals surface area (Å²) in [5.74, 6) is 0. The number of rotatable bonds is 5. The molecule has 0 aromatic rings. The normalized spacial score (nSPS) is 55.0. The molecule has 0 amide bonds. The first kappa shape index (κ1) is 26.1. The Kier molecular flexibility index (Phi) is 8.44. The van der Waals surface area contributed by atoms with Gasteiger partial charge in [0.2, 0.25) is 0 Å². The van der Waals surface area contributed by atoms with Crippen LogP contribution >= 0.6 is 0 Å². The summed E-state index contributed by atoms with van der Waals surface area (Å²) in [5.41, 5.74) is 0. The lowest BCUT2D eigenvalue weighted by atomic mass is 9.96. The van der Waals surface area contributed by atoms with Crippen LogP contribution in [0.1, 0.15) is 13.8 Å². The largest absolute Gasteiger partial charge is 0.394 e. The summed E-state index contributed by atoms with van der Waals surface area (Å²) < 4.78 is 27.0. The quantitative estimate of drug-likeness (QED) is 0.182. The fourth-order valence-corrected chi connectivity index (χ4v) is 3.92. The second-order valence-electron chi connectivity index (χ2n) is 8.30. The molecule has 15 atom stereocenters. The van der Waals surface area contributed by atoms with E-state index < -0.39 is 98.7 Å². The van der Waals surface area contributed by atoms with E-state index in [0.717, 1.165) is 0 Å². The van der Waals surface area contributed by atoms with E-state index in [4.69, 9.17) is 23.7 Å². The van der Waals surface area contributed by atoms with Gasteiger partial charge in [0.05, 0.1) is 18.8 Å². The van der Waals surface area contributed by atoms with Gasteiger partial charge in [-0.3, -0.25) is 0 Å². The molecule has 9 N–H and O–H groups in total. The Balaban J connectivity index is 1.81. The average Bonchev–Trinajstić information content (AvgIpc) is 2.76. The van der Waals surface area contributed by atoms with Crippen molar-refractivity contribution < 1.29 is 69.6 Å². The molecule has 1 unspecified atom stereocenters. The third-order valence-corrected chi connectivity index (χ3v) is 6.02. The first-order valence-electron chi connectivity index (χ1n) is 10.3. The molecule has 3 heterocycles. The molecule has 32 heavy (non-hydrogen) atoms. The van der Waals surface area contributed by atoms with E-state index in [1.165, 1.54) is 13.8 Å². The molecule has 3 fully saturated rings. The zero-order valence-corrected chi connectivity index (χ0v) is 17.4.